The van der Waals surface area contributed by atoms with Crippen LogP contribution >= 0.6 is 23.4 Å². The Morgan fingerprint density at radius 1 is 1.20 bits per heavy atom. The number of benzene rings is 1. The molecule has 7 nitrogen and oxygen atoms in total. The number of methoxy groups -OCH3 is 1. The van der Waals surface area contributed by atoms with Crippen molar-refractivity contribution in [1.82, 2.24) is 9.88 Å². The highest BCUT2D eigenvalue weighted by atomic mass is 35.5. The van der Waals surface area contributed by atoms with Crippen LogP contribution in [0.3, 0.4) is 0 Å². The Labute approximate surface area is 217 Å². The first-order valence-corrected chi connectivity index (χ1v) is 13.3. The topological polar surface area (TPSA) is 70.8 Å². The van der Waals surface area contributed by atoms with Gasteiger partial charge in [0.25, 0.3) is 0 Å². The fraction of sp³-hybridized carbons (Fsp3) is 0.538. The molecule has 188 valence electrons. The Morgan fingerprint density at radius 2 is 2.00 bits per heavy atom. The molecule has 0 N–H and O–H groups in total. The lowest BCUT2D eigenvalue weighted by molar-refractivity contribution is -0.0402. The lowest BCUT2D eigenvalue weighted by Gasteiger charge is -2.39. The number of nitrogens with zero attached hydrogens (tertiary/aromatic N) is 4. The van der Waals surface area contributed by atoms with E-state index in [2.05, 4.69) is 29.7 Å². The molecule has 0 unspecified atom stereocenters. The summed E-state index contributed by atoms with van der Waals surface area (Å²) in [5.41, 5.74) is 2.50. The lowest BCUT2D eigenvalue weighted by Crippen LogP contribution is -2.48. The van der Waals surface area contributed by atoms with Crippen LogP contribution in [0, 0.1) is 11.3 Å². The quantitative estimate of drug-likeness (QED) is 0.359. The molecule has 0 bridgehead atoms. The van der Waals surface area contributed by atoms with Gasteiger partial charge in [0.05, 0.1) is 31.0 Å². The molecule has 0 spiro atoms. The summed E-state index contributed by atoms with van der Waals surface area (Å²) < 4.78 is 17.2. The fourth-order valence-corrected chi connectivity index (χ4v) is 5.47. The molecule has 3 heterocycles. The summed E-state index contributed by atoms with van der Waals surface area (Å²) in [5, 5.41) is 11.5. The maximum absolute atomic E-state index is 10.1. The second-order valence-electron chi connectivity index (χ2n) is 9.39. The Bertz CT molecular complexity index is 1070. The second kappa shape index (κ2) is 11.8. The van der Waals surface area contributed by atoms with Crippen molar-refractivity contribution in [1.29, 1.82) is 5.26 Å². The average Bonchev–Trinajstić information content (AvgIpc) is 2.84. The zero-order valence-corrected chi connectivity index (χ0v) is 22.3. The van der Waals surface area contributed by atoms with Crippen molar-refractivity contribution >= 4 is 29.2 Å². The third-order valence-electron chi connectivity index (χ3n) is 6.35. The molecular formula is C26H33ClN4O3S. The maximum atomic E-state index is 10.1. The molecule has 4 rings (SSSR count). The van der Waals surface area contributed by atoms with E-state index in [9.17, 15) is 5.26 Å². The number of piperazine rings is 1. The summed E-state index contributed by atoms with van der Waals surface area (Å²) in [6, 6.07) is 9.83. The van der Waals surface area contributed by atoms with Gasteiger partial charge in [0.1, 0.15) is 22.7 Å². The summed E-state index contributed by atoms with van der Waals surface area (Å²) in [6.07, 6.45) is 0.696. The second-order valence-corrected chi connectivity index (χ2v) is 10.9. The van der Waals surface area contributed by atoms with E-state index in [0.717, 1.165) is 67.1 Å². The van der Waals surface area contributed by atoms with E-state index in [1.807, 2.05) is 18.2 Å². The highest BCUT2D eigenvalue weighted by Crippen LogP contribution is 2.38. The van der Waals surface area contributed by atoms with E-state index >= 15 is 0 Å². The summed E-state index contributed by atoms with van der Waals surface area (Å²) in [6.45, 7) is 10.5. The zero-order valence-electron chi connectivity index (χ0n) is 20.7. The molecule has 2 aliphatic rings. The minimum atomic E-state index is -0.312. The number of ether oxygens (including phenoxy) is 3. The first-order valence-electron chi connectivity index (χ1n) is 12.0. The van der Waals surface area contributed by atoms with Gasteiger partial charge in [-0.05, 0) is 37.6 Å². The maximum Gasteiger partial charge on any atom is 0.135 e. The largest absolute Gasteiger partial charge is 0.493 e. The molecule has 35 heavy (non-hydrogen) atoms. The number of anilines is 1. The van der Waals surface area contributed by atoms with E-state index in [1.54, 1.807) is 24.9 Å². The smallest absolute Gasteiger partial charge is 0.135 e. The highest BCUT2D eigenvalue weighted by Gasteiger charge is 2.33. The number of hydrogen-bond acceptors (Lipinski definition) is 8. The minimum absolute atomic E-state index is 0.312. The first-order chi connectivity index (χ1) is 16.9. The SMILES string of the molecule is COCCN1CCN(c2nc(SCCOc3cccc(Cl)c3)c(C#N)c3c2COC(C)(C)C3)CC1. The number of hydrogen-bond donors (Lipinski definition) is 0. The van der Waals surface area contributed by atoms with E-state index < -0.39 is 0 Å². The molecule has 1 aromatic carbocycles. The molecule has 0 amide bonds. The van der Waals surface area contributed by atoms with Gasteiger partial charge in [-0.25, -0.2) is 4.98 Å². The minimum Gasteiger partial charge on any atom is -0.493 e. The number of nitriles is 1. The Balaban J connectivity index is 1.53. The van der Waals surface area contributed by atoms with Crippen molar-refractivity contribution in [3.8, 4) is 11.8 Å². The van der Waals surface area contributed by atoms with E-state index in [4.69, 9.17) is 30.8 Å². The van der Waals surface area contributed by atoms with Crippen molar-refractivity contribution in [2.75, 3.05) is 63.7 Å². The van der Waals surface area contributed by atoms with Crippen molar-refractivity contribution in [2.24, 2.45) is 0 Å². The van der Waals surface area contributed by atoms with Gasteiger partial charge in [0.15, 0.2) is 0 Å². The molecule has 2 aliphatic heterocycles. The van der Waals surface area contributed by atoms with Crippen LogP contribution < -0.4 is 9.64 Å². The van der Waals surface area contributed by atoms with Gasteiger partial charge in [0.2, 0.25) is 0 Å². The van der Waals surface area contributed by atoms with Gasteiger partial charge >= 0.3 is 0 Å². The van der Waals surface area contributed by atoms with Crippen molar-refractivity contribution in [2.45, 2.75) is 37.5 Å². The standard InChI is InChI=1S/C26H33ClN4O3S/c1-26(2)16-21-22(17-28)25(35-14-13-33-20-6-4-5-19(27)15-20)29-24(23(21)18-34-26)31-9-7-30(8-10-31)11-12-32-3/h4-6,15H,7-14,16,18H2,1-3H3. The van der Waals surface area contributed by atoms with E-state index in [0.29, 0.717) is 36.0 Å². The number of halogens is 1. The summed E-state index contributed by atoms with van der Waals surface area (Å²) in [5.74, 6) is 2.37. The van der Waals surface area contributed by atoms with Crippen LogP contribution in [0.25, 0.3) is 0 Å². The molecule has 1 aromatic heterocycles. The Kier molecular flexibility index (Phi) is 8.79. The van der Waals surface area contributed by atoms with Crippen molar-refractivity contribution in [3.05, 3.63) is 46.0 Å². The highest BCUT2D eigenvalue weighted by molar-refractivity contribution is 7.99. The van der Waals surface area contributed by atoms with Crippen molar-refractivity contribution in [3.63, 3.8) is 0 Å². The van der Waals surface area contributed by atoms with Crippen LogP contribution in [0.5, 0.6) is 5.75 Å². The zero-order chi connectivity index (χ0) is 24.8. The van der Waals surface area contributed by atoms with Gasteiger partial charge in [0, 0.05) is 62.6 Å². The summed E-state index contributed by atoms with van der Waals surface area (Å²) in [7, 11) is 1.74. The third-order valence-corrected chi connectivity index (χ3v) is 7.52. The average molecular weight is 517 g/mol. The predicted octanol–water partition coefficient (Wildman–Crippen LogP) is 4.40. The third kappa shape index (κ3) is 6.60. The van der Waals surface area contributed by atoms with Gasteiger partial charge in [-0.1, -0.05) is 17.7 Å². The normalized spacial score (nSPS) is 17.6. The van der Waals surface area contributed by atoms with Crippen LogP contribution in [0.2, 0.25) is 5.02 Å². The summed E-state index contributed by atoms with van der Waals surface area (Å²) in [4.78, 5) is 9.80. The van der Waals surface area contributed by atoms with Crippen LogP contribution in [-0.4, -0.2) is 74.3 Å². The van der Waals surface area contributed by atoms with Crippen molar-refractivity contribution < 1.29 is 14.2 Å². The van der Waals surface area contributed by atoms with E-state index in [1.165, 1.54) is 0 Å². The molecular weight excluding hydrogens is 484 g/mol. The first kappa shape index (κ1) is 26.1. The molecule has 0 saturated carbocycles. The van der Waals surface area contributed by atoms with Gasteiger partial charge in [-0.15, -0.1) is 11.8 Å². The van der Waals surface area contributed by atoms with Crippen LogP contribution in [0.4, 0.5) is 5.82 Å². The van der Waals surface area contributed by atoms with Gasteiger partial charge < -0.3 is 19.1 Å². The lowest BCUT2D eigenvalue weighted by atomic mass is 9.89. The number of rotatable bonds is 9. The Hall–Kier alpha value is -2.02. The molecule has 0 radical (unpaired) electrons. The molecule has 1 saturated heterocycles. The summed E-state index contributed by atoms with van der Waals surface area (Å²) >= 11 is 7.63. The predicted molar refractivity (Wildman–Crippen MR) is 140 cm³/mol. The van der Waals surface area contributed by atoms with Crippen LogP contribution in [-0.2, 0) is 22.5 Å². The molecule has 1 fully saturated rings. The molecule has 0 aliphatic carbocycles. The number of aromatic nitrogens is 1. The van der Waals surface area contributed by atoms with Crippen LogP contribution in [0.15, 0.2) is 29.3 Å². The van der Waals surface area contributed by atoms with Gasteiger partial charge in [-0.3, -0.25) is 4.90 Å². The molecule has 2 aromatic rings. The monoisotopic (exact) mass is 516 g/mol. The van der Waals surface area contributed by atoms with Gasteiger partial charge in [-0.2, -0.15) is 5.26 Å². The Morgan fingerprint density at radius 3 is 2.71 bits per heavy atom. The fourth-order valence-electron chi connectivity index (χ4n) is 4.47. The van der Waals surface area contributed by atoms with E-state index in [-0.39, 0.29) is 5.60 Å². The molecule has 9 heteroatoms. The number of fused-ring (bicyclic) bond motifs is 1. The number of pyridine rings is 1. The van der Waals surface area contributed by atoms with Crippen LogP contribution in [0.1, 0.15) is 30.5 Å². The number of thioether (sulfide) groups is 1. The molecule has 0 atom stereocenters.